The van der Waals surface area contributed by atoms with Crippen LogP contribution in [0.2, 0.25) is 0 Å². The molecule has 1 aromatic carbocycles. The van der Waals surface area contributed by atoms with Crippen molar-refractivity contribution < 1.29 is 9.47 Å². The van der Waals surface area contributed by atoms with Gasteiger partial charge in [-0.25, -0.2) is 0 Å². The van der Waals surface area contributed by atoms with E-state index < -0.39 is 0 Å². The van der Waals surface area contributed by atoms with Crippen molar-refractivity contribution in [3.63, 3.8) is 0 Å². The summed E-state index contributed by atoms with van der Waals surface area (Å²) < 4.78 is 10.8. The van der Waals surface area contributed by atoms with E-state index in [4.69, 9.17) is 14.5 Å². The molecule has 1 fully saturated rings. The van der Waals surface area contributed by atoms with Gasteiger partial charge >= 0.3 is 0 Å². The van der Waals surface area contributed by atoms with Crippen molar-refractivity contribution in [1.29, 1.82) is 0 Å². The molecule has 0 bridgehead atoms. The molecule has 28 heavy (non-hydrogen) atoms. The Morgan fingerprint density at radius 3 is 2.57 bits per heavy atom. The maximum atomic E-state index is 5.46. The number of halogens is 1. The number of likely N-dealkylation sites (N-methyl/N-ethyl adjacent to an activating group) is 1. The van der Waals surface area contributed by atoms with E-state index in [0.717, 1.165) is 36.1 Å². The fraction of sp³-hybridized carbons (Fsp3) is 0.650. The highest BCUT2D eigenvalue weighted by Gasteiger charge is 2.18. The molecule has 1 saturated heterocycles. The largest absolute Gasteiger partial charge is 0.493 e. The molecule has 0 aromatic heterocycles. The van der Waals surface area contributed by atoms with E-state index in [1.807, 2.05) is 12.1 Å². The number of rotatable bonds is 9. The van der Waals surface area contributed by atoms with Crippen molar-refractivity contribution in [2.45, 2.75) is 31.1 Å². The molecule has 2 atom stereocenters. The number of nitrogens with zero attached hydrogens (tertiary/aromatic N) is 2. The van der Waals surface area contributed by atoms with Gasteiger partial charge in [0.15, 0.2) is 17.5 Å². The first-order chi connectivity index (χ1) is 13.1. The molecule has 2 N–H and O–H groups in total. The molecule has 1 aliphatic rings. The van der Waals surface area contributed by atoms with Crippen LogP contribution >= 0.6 is 35.7 Å². The van der Waals surface area contributed by atoms with E-state index in [1.54, 1.807) is 14.2 Å². The molecule has 0 spiro atoms. The lowest BCUT2D eigenvalue weighted by Gasteiger charge is -2.24. The SMILES string of the molecule is CCNC(=NCC(c1ccc(OC)c(OC)c1)N(C)C)NCC1CCCS1.I. The first-order valence-electron chi connectivity index (χ1n) is 9.61. The maximum Gasteiger partial charge on any atom is 0.191 e. The lowest BCUT2D eigenvalue weighted by Crippen LogP contribution is -2.40. The van der Waals surface area contributed by atoms with Gasteiger partial charge in [0.25, 0.3) is 0 Å². The van der Waals surface area contributed by atoms with Gasteiger partial charge in [-0.15, -0.1) is 24.0 Å². The Hall–Kier alpha value is -0.870. The summed E-state index contributed by atoms with van der Waals surface area (Å²) in [6.45, 7) is 4.58. The number of thioether (sulfide) groups is 1. The minimum atomic E-state index is 0. The fourth-order valence-corrected chi connectivity index (χ4v) is 4.36. The average molecular weight is 522 g/mol. The molecule has 8 heteroatoms. The molecular weight excluding hydrogens is 487 g/mol. The highest BCUT2D eigenvalue weighted by Crippen LogP contribution is 2.31. The quantitative estimate of drug-likeness (QED) is 0.295. The van der Waals surface area contributed by atoms with Crippen LogP contribution in [0.3, 0.4) is 0 Å². The lowest BCUT2D eigenvalue weighted by atomic mass is 10.1. The smallest absolute Gasteiger partial charge is 0.191 e. The second-order valence-electron chi connectivity index (χ2n) is 6.83. The number of hydrogen-bond acceptors (Lipinski definition) is 5. The van der Waals surface area contributed by atoms with Gasteiger partial charge in [-0.1, -0.05) is 6.07 Å². The van der Waals surface area contributed by atoms with Crippen LogP contribution in [-0.4, -0.2) is 69.8 Å². The summed E-state index contributed by atoms with van der Waals surface area (Å²) >= 11 is 2.06. The predicted molar refractivity (Wildman–Crippen MR) is 131 cm³/mol. The normalized spacial score (nSPS) is 17.8. The molecule has 0 saturated carbocycles. The summed E-state index contributed by atoms with van der Waals surface area (Å²) in [5, 5.41) is 7.56. The van der Waals surface area contributed by atoms with Gasteiger partial charge in [0.1, 0.15) is 0 Å². The standard InChI is InChI=1S/C20H34N4O2S.HI/c1-6-21-20(22-13-16-8-7-11-27-16)23-14-17(24(2)3)15-9-10-18(25-4)19(12-15)26-5;/h9-10,12,16-17H,6-8,11,13-14H2,1-5H3,(H2,21,22,23);1H. The number of guanidine groups is 1. The summed E-state index contributed by atoms with van der Waals surface area (Å²) in [7, 11) is 7.47. The third-order valence-corrected chi connectivity index (χ3v) is 6.10. The highest BCUT2D eigenvalue weighted by molar-refractivity contribution is 14.0. The first-order valence-corrected chi connectivity index (χ1v) is 10.7. The molecule has 0 aliphatic carbocycles. The molecule has 2 rings (SSSR count). The Morgan fingerprint density at radius 2 is 2.00 bits per heavy atom. The zero-order valence-corrected chi connectivity index (χ0v) is 20.8. The van der Waals surface area contributed by atoms with Crippen molar-refractivity contribution >= 4 is 41.7 Å². The minimum Gasteiger partial charge on any atom is -0.493 e. The summed E-state index contributed by atoms with van der Waals surface area (Å²) in [6.07, 6.45) is 2.62. The van der Waals surface area contributed by atoms with Crippen molar-refractivity contribution in [2.24, 2.45) is 4.99 Å². The van der Waals surface area contributed by atoms with Crippen LogP contribution in [0.1, 0.15) is 31.4 Å². The zero-order chi connectivity index (χ0) is 19.6. The van der Waals surface area contributed by atoms with E-state index in [2.05, 4.69) is 54.4 Å². The molecule has 1 heterocycles. The Balaban J connectivity index is 0.00000392. The second-order valence-corrected chi connectivity index (χ2v) is 8.24. The van der Waals surface area contributed by atoms with E-state index in [9.17, 15) is 0 Å². The maximum absolute atomic E-state index is 5.46. The second kappa shape index (κ2) is 13.4. The fourth-order valence-electron chi connectivity index (χ4n) is 3.16. The molecule has 1 aliphatic heterocycles. The molecular formula is C20H35IN4O2S. The Morgan fingerprint density at radius 1 is 1.25 bits per heavy atom. The average Bonchev–Trinajstić information content (AvgIpc) is 3.19. The topological polar surface area (TPSA) is 58.1 Å². The van der Waals surface area contributed by atoms with Gasteiger partial charge in [-0.2, -0.15) is 11.8 Å². The van der Waals surface area contributed by atoms with E-state index >= 15 is 0 Å². The van der Waals surface area contributed by atoms with Crippen molar-refractivity contribution in [3.8, 4) is 11.5 Å². The van der Waals surface area contributed by atoms with Gasteiger partial charge in [0.05, 0.1) is 26.8 Å². The summed E-state index contributed by atoms with van der Waals surface area (Å²) in [5.74, 6) is 3.65. The van der Waals surface area contributed by atoms with Crippen LogP contribution < -0.4 is 20.1 Å². The number of hydrogen-bond donors (Lipinski definition) is 2. The summed E-state index contributed by atoms with van der Waals surface area (Å²) in [4.78, 5) is 7.02. The van der Waals surface area contributed by atoms with Crippen LogP contribution in [-0.2, 0) is 0 Å². The van der Waals surface area contributed by atoms with Crippen LogP contribution in [0.4, 0.5) is 0 Å². The van der Waals surface area contributed by atoms with E-state index in [1.165, 1.54) is 18.6 Å². The number of ether oxygens (including phenoxy) is 2. The zero-order valence-electron chi connectivity index (χ0n) is 17.7. The molecule has 6 nitrogen and oxygen atoms in total. The number of benzene rings is 1. The molecule has 160 valence electrons. The Labute approximate surface area is 191 Å². The van der Waals surface area contributed by atoms with Gasteiger partial charge in [-0.3, -0.25) is 4.99 Å². The van der Waals surface area contributed by atoms with Gasteiger partial charge in [0, 0.05) is 18.3 Å². The number of methoxy groups -OCH3 is 2. The lowest BCUT2D eigenvalue weighted by molar-refractivity contribution is 0.303. The van der Waals surface area contributed by atoms with E-state index in [0.29, 0.717) is 11.8 Å². The number of nitrogens with one attached hydrogen (secondary N) is 2. The van der Waals surface area contributed by atoms with Crippen LogP contribution in [0, 0.1) is 0 Å². The summed E-state index contributed by atoms with van der Waals surface area (Å²) in [6, 6.07) is 6.22. The summed E-state index contributed by atoms with van der Waals surface area (Å²) in [5.41, 5.74) is 1.16. The van der Waals surface area contributed by atoms with E-state index in [-0.39, 0.29) is 30.0 Å². The van der Waals surface area contributed by atoms with Crippen LogP contribution in [0.15, 0.2) is 23.2 Å². The van der Waals surface area contributed by atoms with Gasteiger partial charge in [0.2, 0.25) is 0 Å². The van der Waals surface area contributed by atoms with Crippen molar-refractivity contribution in [3.05, 3.63) is 23.8 Å². The first kappa shape index (κ1) is 25.2. The van der Waals surface area contributed by atoms with Gasteiger partial charge in [-0.05, 0) is 57.3 Å². The predicted octanol–water partition coefficient (Wildman–Crippen LogP) is 3.38. The highest BCUT2D eigenvalue weighted by atomic mass is 127. The molecule has 2 unspecified atom stereocenters. The molecule has 1 aromatic rings. The third kappa shape index (κ3) is 7.51. The van der Waals surface area contributed by atoms with Crippen LogP contribution in [0.5, 0.6) is 11.5 Å². The van der Waals surface area contributed by atoms with Crippen LogP contribution in [0.25, 0.3) is 0 Å². The monoisotopic (exact) mass is 522 g/mol. The van der Waals surface area contributed by atoms with Crippen molar-refractivity contribution in [1.82, 2.24) is 15.5 Å². The number of aliphatic imine (C=N–C) groups is 1. The Kier molecular flexibility index (Phi) is 12.0. The minimum absolute atomic E-state index is 0. The third-order valence-electron chi connectivity index (χ3n) is 4.70. The van der Waals surface area contributed by atoms with Gasteiger partial charge < -0.3 is 25.0 Å². The molecule has 0 radical (unpaired) electrons. The Bertz CT molecular complexity index is 610. The van der Waals surface area contributed by atoms with Crippen molar-refractivity contribution in [2.75, 3.05) is 53.7 Å². The molecule has 0 amide bonds.